The summed E-state index contributed by atoms with van der Waals surface area (Å²) in [5.41, 5.74) is 0. The molecule has 0 spiro atoms. The molecule has 1 aromatic heterocycles. The van der Waals surface area contributed by atoms with Gasteiger partial charge in [-0.1, -0.05) is 13.8 Å². The highest BCUT2D eigenvalue weighted by Crippen LogP contribution is 2.19. The third-order valence-corrected chi connectivity index (χ3v) is 5.60. The highest BCUT2D eigenvalue weighted by Gasteiger charge is 2.28. The lowest BCUT2D eigenvalue weighted by molar-refractivity contribution is 0.196. The predicted octanol–water partition coefficient (Wildman–Crippen LogP) is 1.23. The van der Waals surface area contributed by atoms with Gasteiger partial charge >= 0.3 is 0 Å². The summed E-state index contributed by atoms with van der Waals surface area (Å²) in [4.78, 5) is 6.74. The van der Waals surface area contributed by atoms with Crippen molar-refractivity contribution in [3.63, 3.8) is 0 Å². The van der Waals surface area contributed by atoms with E-state index in [4.69, 9.17) is 0 Å². The Morgan fingerprint density at radius 2 is 1.95 bits per heavy atom. The summed E-state index contributed by atoms with van der Waals surface area (Å²) in [6.07, 6.45) is 2.52. The number of anilines is 1. The summed E-state index contributed by atoms with van der Waals surface area (Å²) in [5.74, 6) is 0.616. The molecule has 0 aliphatic carbocycles. The molecule has 0 amide bonds. The van der Waals surface area contributed by atoms with E-state index < -0.39 is 10.0 Å². The maximum atomic E-state index is 12.7. The molecule has 1 aliphatic heterocycles. The molecule has 0 unspecified atom stereocenters. The van der Waals surface area contributed by atoms with Gasteiger partial charge in [-0.2, -0.15) is 4.31 Å². The van der Waals surface area contributed by atoms with Gasteiger partial charge in [0.1, 0.15) is 5.82 Å². The first kappa shape index (κ1) is 16.2. The third-order valence-electron chi connectivity index (χ3n) is 3.70. The molecular formula is C14H24N4O2S. The Morgan fingerprint density at radius 1 is 1.24 bits per heavy atom. The summed E-state index contributed by atoms with van der Waals surface area (Å²) in [7, 11) is -3.41. The Bertz CT molecular complexity index is 554. The molecule has 0 bridgehead atoms. The van der Waals surface area contributed by atoms with Crippen molar-refractivity contribution in [2.75, 3.05) is 44.6 Å². The SMILES string of the molecule is CCCNc1cc(S(=O)(=O)N2CCN(CC)CC2)ccn1. The molecule has 0 aromatic carbocycles. The summed E-state index contributed by atoms with van der Waals surface area (Å²) >= 11 is 0. The lowest BCUT2D eigenvalue weighted by atomic mass is 10.4. The van der Waals surface area contributed by atoms with E-state index in [1.54, 1.807) is 22.6 Å². The van der Waals surface area contributed by atoms with Crippen LogP contribution in [0, 0.1) is 0 Å². The number of nitrogens with one attached hydrogen (secondary N) is 1. The Labute approximate surface area is 127 Å². The topological polar surface area (TPSA) is 65.5 Å². The van der Waals surface area contributed by atoms with Crippen LogP contribution >= 0.6 is 0 Å². The summed E-state index contributed by atoms with van der Waals surface area (Å²) in [6.45, 7) is 8.59. The molecule has 2 heterocycles. The van der Waals surface area contributed by atoms with Crippen LogP contribution in [0.25, 0.3) is 0 Å². The fourth-order valence-corrected chi connectivity index (χ4v) is 3.79. The second-order valence-electron chi connectivity index (χ2n) is 5.14. The van der Waals surface area contributed by atoms with Crippen LogP contribution in [0.5, 0.6) is 0 Å². The van der Waals surface area contributed by atoms with E-state index in [1.165, 1.54) is 0 Å². The molecule has 0 atom stereocenters. The van der Waals surface area contributed by atoms with Gasteiger partial charge in [0.2, 0.25) is 10.0 Å². The second kappa shape index (κ2) is 7.20. The fourth-order valence-electron chi connectivity index (χ4n) is 2.36. The quantitative estimate of drug-likeness (QED) is 0.856. The molecule has 1 saturated heterocycles. The zero-order valence-corrected chi connectivity index (χ0v) is 13.6. The summed E-state index contributed by atoms with van der Waals surface area (Å²) in [6, 6.07) is 3.19. The van der Waals surface area contributed by atoms with Crippen molar-refractivity contribution in [2.24, 2.45) is 0 Å². The number of hydrogen-bond acceptors (Lipinski definition) is 5. The number of pyridine rings is 1. The van der Waals surface area contributed by atoms with Crippen LogP contribution in [0.2, 0.25) is 0 Å². The minimum absolute atomic E-state index is 0.320. The van der Waals surface area contributed by atoms with Crippen LogP contribution in [0.15, 0.2) is 23.2 Å². The fraction of sp³-hybridized carbons (Fsp3) is 0.643. The van der Waals surface area contributed by atoms with E-state index in [0.717, 1.165) is 32.6 Å². The molecule has 7 heteroatoms. The number of nitrogens with zero attached hydrogens (tertiary/aromatic N) is 3. The Balaban J connectivity index is 2.12. The van der Waals surface area contributed by atoms with Gasteiger partial charge in [0.05, 0.1) is 4.90 Å². The average Bonchev–Trinajstić information content (AvgIpc) is 2.53. The first-order valence-electron chi connectivity index (χ1n) is 7.50. The van der Waals surface area contributed by atoms with E-state index >= 15 is 0 Å². The van der Waals surface area contributed by atoms with Gasteiger partial charge in [-0.15, -0.1) is 0 Å². The van der Waals surface area contributed by atoms with Crippen LogP contribution < -0.4 is 5.32 Å². The van der Waals surface area contributed by atoms with Crippen molar-refractivity contribution in [3.8, 4) is 0 Å². The van der Waals surface area contributed by atoms with Crippen molar-refractivity contribution in [2.45, 2.75) is 25.2 Å². The van der Waals surface area contributed by atoms with E-state index in [9.17, 15) is 8.42 Å². The Morgan fingerprint density at radius 3 is 2.57 bits per heavy atom. The minimum Gasteiger partial charge on any atom is -0.370 e. The van der Waals surface area contributed by atoms with Crippen LogP contribution in [-0.4, -0.2) is 61.9 Å². The molecule has 0 saturated carbocycles. The van der Waals surface area contributed by atoms with Gasteiger partial charge in [0.15, 0.2) is 0 Å². The Kier molecular flexibility index (Phi) is 5.55. The number of aromatic nitrogens is 1. The molecular weight excluding hydrogens is 288 g/mol. The van der Waals surface area contributed by atoms with Crippen molar-refractivity contribution < 1.29 is 8.42 Å². The van der Waals surface area contributed by atoms with Crippen molar-refractivity contribution >= 4 is 15.8 Å². The molecule has 1 fully saturated rings. The summed E-state index contributed by atoms with van der Waals surface area (Å²) < 4.78 is 26.9. The number of sulfonamides is 1. The lowest BCUT2D eigenvalue weighted by Gasteiger charge is -2.33. The first-order valence-corrected chi connectivity index (χ1v) is 8.94. The van der Waals surface area contributed by atoms with Gasteiger partial charge < -0.3 is 10.2 Å². The zero-order valence-electron chi connectivity index (χ0n) is 12.7. The molecule has 21 heavy (non-hydrogen) atoms. The van der Waals surface area contributed by atoms with E-state index in [0.29, 0.717) is 23.8 Å². The van der Waals surface area contributed by atoms with Crippen molar-refractivity contribution in [3.05, 3.63) is 18.3 Å². The average molecular weight is 312 g/mol. The number of likely N-dealkylation sites (N-methyl/N-ethyl adjacent to an activating group) is 1. The van der Waals surface area contributed by atoms with Gasteiger partial charge in [-0.25, -0.2) is 13.4 Å². The van der Waals surface area contributed by atoms with Crippen molar-refractivity contribution in [1.82, 2.24) is 14.2 Å². The molecule has 1 N–H and O–H groups in total. The second-order valence-corrected chi connectivity index (χ2v) is 7.08. The maximum Gasteiger partial charge on any atom is 0.243 e. The van der Waals surface area contributed by atoms with Gasteiger partial charge in [0.25, 0.3) is 0 Å². The smallest absolute Gasteiger partial charge is 0.243 e. The molecule has 118 valence electrons. The van der Waals surface area contributed by atoms with Crippen molar-refractivity contribution in [1.29, 1.82) is 0 Å². The van der Waals surface area contributed by atoms with Crippen LogP contribution in [-0.2, 0) is 10.0 Å². The molecule has 1 aromatic rings. The van der Waals surface area contributed by atoms with Gasteiger partial charge in [-0.05, 0) is 19.0 Å². The Hall–Kier alpha value is -1.18. The minimum atomic E-state index is -3.41. The van der Waals surface area contributed by atoms with Gasteiger partial charge in [-0.3, -0.25) is 0 Å². The van der Waals surface area contributed by atoms with Crippen LogP contribution in [0.4, 0.5) is 5.82 Å². The van der Waals surface area contributed by atoms with E-state index in [-0.39, 0.29) is 0 Å². The molecule has 6 nitrogen and oxygen atoms in total. The number of piperazine rings is 1. The molecule has 2 rings (SSSR count). The standard InChI is InChI=1S/C14H24N4O2S/c1-3-6-15-14-12-13(5-7-16-14)21(19,20)18-10-8-17(4-2)9-11-18/h5,7,12H,3-4,6,8-11H2,1-2H3,(H,15,16). The number of hydrogen-bond donors (Lipinski definition) is 1. The normalized spacial score (nSPS) is 17.8. The number of rotatable bonds is 6. The largest absolute Gasteiger partial charge is 0.370 e. The van der Waals surface area contributed by atoms with Crippen LogP contribution in [0.3, 0.4) is 0 Å². The highest BCUT2D eigenvalue weighted by molar-refractivity contribution is 7.89. The molecule has 1 aliphatic rings. The third kappa shape index (κ3) is 3.93. The van der Waals surface area contributed by atoms with E-state index in [2.05, 4.69) is 29.0 Å². The van der Waals surface area contributed by atoms with E-state index in [1.807, 2.05) is 0 Å². The first-order chi connectivity index (χ1) is 10.1. The predicted molar refractivity (Wildman–Crippen MR) is 83.9 cm³/mol. The maximum absolute atomic E-state index is 12.7. The molecule has 0 radical (unpaired) electrons. The van der Waals surface area contributed by atoms with Crippen LogP contribution in [0.1, 0.15) is 20.3 Å². The summed E-state index contributed by atoms with van der Waals surface area (Å²) in [5, 5.41) is 3.12. The van der Waals surface area contributed by atoms with Gasteiger partial charge in [0, 0.05) is 45.0 Å². The lowest BCUT2D eigenvalue weighted by Crippen LogP contribution is -2.48. The monoisotopic (exact) mass is 312 g/mol. The zero-order chi connectivity index (χ0) is 15.3. The highest BCUT2D eigenvalue weighted by atomic mass is 32.2.